The van der Waals surface area contributed by atoms with Crippen LogP contribution in [-0.4, -0.2) is 64.0 Å². The first-order valence-corrected chi connectivity index (χ1v) is 21.4. The smallest absolute Gasteiger partial charge is 0.319 e. The van der Waals surface area contributed by atoms with Crippen LogP contribution < -0.4 is 19.5 Å². The molecular formula is C47H60O7Si. The summed E-state index contributed by atoms with van der Waals surface area (Å²) in [4.78, 5) is 0. The molecule has 0 bridgehead atoms. The zero-order chi connectivity index (χ0) is 39.3. The minimum atomic E-state index is -2.91. The van der Waals surface area contributed by atoms with Crippen LogP contribution >= 0.6 is 0 Å². The van der Waals surface area contributed by atoms with Crippen molar-refractivity contribution >= 4 is 24.8 Å². The second-order valence-corrected chi connectivity index (χ2v) is 20.1. The predicted molar refractivity (Wildman–Crippen MR) is 224 cm³/mol. The number of aliphatic hydroxyl groups is 2. The van der Waals surface area contributed by atoms with Gasteiger partial charge in [0.05, 0.1) is 31.5 Å². The lowest BCUT2D eigenvalue weighted by atomic mass is 9.71. The molecule has 1 fully saturated rings. The van der Waals surface area contributed by atoms with Crippen molar-refractivity contribution in [3.05, 3.63) is 138 Å². The molecule has 1 aliphatic carbocycles. The molecule has 55 heavy (non-hydrogen) atoms. The summed E-state index contributed by atoms with van der Waals surface area (Å²) >= 11 is 0. The topological polar surface area (TPSA) is 86.6 Å². The van der Waals surface area contributed by atoms with E-state index in [1.54, 1.807) is 7.11 Å². The van der Waals surface area contributed by atoms with Crippen LogP contribution in [0.25, 0.3) is 6.08 Å². The highest BCUT2D eigenvalue weighted by Crippen LogP contribution is 2.42. The molecule has 7 nitrogen and oxygen atoms in total. The fourth-order valence-electron chi connectivity index (χ4n) is 7.54. The number of ether oxygens (including phenoxy) is 4. The lowest BCUT2D eigenvalue weighted by Crippen LogP contribution is -2.68. The zero-order valence-electron chi connectivity index (χ0n) is 33.3. The summed E-state index contributed by atoms with van der Waals surface area (Å²) in [7, 11) is -1.28. The van der Waals surface area contributed by atoms with E-state index in [9.17, 15) is 10.2 Å². The molecule has 4 aromatic carbocycles. The third kappa shape index (κ3) is 11.1. The van der Waals surface area contributed by atoms with Crippen molar-refractivity contribution in [3.63, 3.8) is 0 Å². The van der Waals surface area contributed by atoms with Crippen LogP contribution in [0.4, 0.5) is 0 Å². The number of hydrogen-bond acceptors (Lipinski definition) is 7. The minimum Gasteiger partial charge on any atom is -0.534 e. The Labute approximate surface area is 329 Å². The maximum absolute atomic E-state index is 11.4. The van der Waals surface area contributed by atoms with E-state index in [1.165, 1.54) is 10.4 Å². The van der Waals surface area contributed by atoms with Gasteiger partial charge in [0.15, 0.2) is 0 Å². The number of allylic oxidation sites excluding steroid dienone is 1. The molecular weight excluding hydrogens is 705 g/mol. The maximum atomic E-state index is 11.4. The van der Waals surface area contributed by atoms with Crippen LogP contribution in [-0.2, 0) is 20.8 Å². The Morgan fingerprint density at radius 3 is 2.11 bits per heavy atom. The van der Waals surface area contributed by atoms with Gasteiger partial charge in [0.1, 0.15) is 24.9 Å². The van der Waals surface area contributed by atoms with Gasteiger partial charge in [-0.05, 0) is 89.7 Å². The van der Waals surface area contributed by atoms with Crippen molar-refractivity contribution in [2.45, 2.75) is 83.1 Å². The summed E-state index contributed by atoms with van der Waals surface area (Å²) in [6, 6.07) is 37.5. The molecule has 0 heterocycles. The summed E-state index contributed by atoms with van der Waals surface area (Å²) in [6.45, 7) is 14.5. The van der Waals surface area contributed by atoms with Crippen LogP contribution in [0.3, 0.4) is 0 Å². The molecule has 3 atom stereocenters. The number of benzene rings is 4. The average Bonchev–Trinajstić information content (AvgIpc) is 3.18. The van der Waals surface area contributed by atoms with Crippen LogP contribution in [0.1, 0.15) is 70.9 Å². The van der Waals surface area contributed by atoms with Gasteiger partial charge in [0.25, 0.3) is 0 Å². The third-order valence-electron chi connectivity index (χ3n) is 10.7. The number of hydrogen-bond donors (Lipinski definition) is 2. The highest BCUT2D eigenvalue weighted by molar-refractivity contribution is 7.00. The lowest BCUT2D eigenvalue weighted by molar-refractivity contribution is -0.114. The quantitative estimate of drug-likeness (QED) is 0.0429. The number of aliphatic hydroxyl groups excluding tert-OH is 1. The Kier molecular flexibility index (Phi) is 15.1. The zero-order valence-corrected chi connectivity index (χ0v) is 34.3. The molecule has 0 saturated heterocycles. The van der Waals surface area contributed by atoms with Gasteiger partial charge in [-0.2, -0.15) is 0 Å². The Morgan fingerprint density at radius 1 is 0.891 bits per heavy atom. The van der Waals surface area contributed by atoms with Gasteiger partial charge in [-0.15, -0.1) is 6.58 Å². The molecule has 5 rings (SSSR count). The lowest BCUT2D eigenvalue weighted by Gasteiger charge is -2.43. The second-order valence-electron chi connectivity index (χ2n) is 15.9. The number of rotatable bonds is 19. The van der Waals surface area contributed by atoms with Crippen molar-refractivity contribution in [2.75, 3.05) is 33.7 Å². The van der Waals surface area contributed by atoms with Gasteiger partial charge in [0, 0.05) is 18.7 Å². The van der Waals surface area contributed by atoms with E-state index in [-0.39, 0.29) is 17.7 Å². The Balaban J connectivity index is 1.54. The third-order valence-corrected chi connectivity index (χ3v) is 15.6. The molecule has 0 aliphatic heterocycles. The van der Waals surface area contributed by atoms with Gasteiger partial charge in [-0.3, -0.25) is 0 Å². The van der Waals surface area contributed by atoms with Gasteiger partial charge in [-0.1, -0.05) is 117 Å². The van der Waals surface area contributed by atoms with Crippen LogP contribution in [0.2, 0.25) is 5.04 Å². The highest BCUT2D eigenvalue weighted by Gasteiger charge is 2.52. The molecule has 4 aromatic rings. The normalized spacial score (nSPS) is 19.2. The van der Waals surface area contributed by atoms with E-state index in [4.69, 9.17) is 23.4 Å². The first kappa shape index (κ1) is 42.1. The van der Waals surface area contributed by atoms with Crippen molar-refractivity contribution in [1.82, 2.24) is 0 Å². The monoisotopic (exact) mass is 764 g/mol. The van der Waals surface area contributed by atoms with Gasteiger partial charge >= 0.3 is 8.32 Å². The Bertz CT molecular complexity index is 1770. The van der Waals surface area contributed by atoms with E-state index in [1.807, 2.05) is 49.4 Å². The highest BCUT2D eigenvalue weighted by atomic mass is 28.4. The summed E-state index contributed by atoms with van der Waals surface area (Å²) in [6.07, 6.45) is 4.02. The van der Waals surface area contributed by atoms with Crippen LogP contribution in [0.15, 0.2) is 127 Å². The summed E-state index contributed by atoms with van der Waals surface area (Å²) < 4.78 is 30.9. The van der Waals surface area contributed by atoms with Gasteiger partial charge in [-0.25, -0.2) is 0 Å². The molecule has 0 amide bonds. The van der Waals surface area contributed by atoms with Gasteiger partial charge in [0.2, 0.25) is 0 Å². The molecule has 0 aromatic heterocycles. The Morgan fingerprint density at radius 2 is 1.53 bits per heavy atom. The van der Waals surface area contributed by atoms with Gasteiger partial charge < -0.3 is 33.6 Å². The van der Waals surface area contributed by atoms with Crippen molar-refractivity contribution in [3.8, 4) is 11.5 Å². The molecule has 0 radical (unpaired) electrons. The molecule has 294 valence electrons. The molecule has 0 unspecified atom stereocenters. The van der Waals surface area contributed by atoms with E-state index < -0.39 is 20.0 Å². The van der Waals surface area contributed by atoms with E-state index in [0.717, 1.165) is 28.0 Å². The van der Waals surface area contributed by atoms with E-state index in [0.29, 0.717) is 64.3 Å². The van der Waals surface area contributed by atoms with Crippen LogP contribution in [0, 0.1) is 5.92 Å². The molecule has 0 spiro atoms. The van der Waals surface area contributed by atoms with Crippen molar-refractivity contribution in [1.29, 1.82) is 0 Å². The molecule has 1 aliphatic rings. The first-order valence-electron chi connectivity index (χ1n) is 19.5. The number of methoxy groups -OCH3 is 1. The summed E-state index contributed by atoms with van der Waals surface area (Å²) in [5.41, 5.74) is 2.78. The van der Waals surface area contributed by atoms with E-state index in [2.05, 4.69) is 100 Å². The molecule has 8 heteroatoms. The first-order chi connectivity index (χ1) is 26.4. The SMILES string of the molecule is C=C(C)CC[C@@]1(O)CC[C@@H](/C(=C/c2ccc(O[Si](c3ccccc3)(c3ccccc3)C(C)(C)C)cc2OCc2ccccc2)COCOCCOC)C[C@@H]1O. The minimum absolute atomic E-state index is 0.0194. The van der Waals surface area contributed by atoms with Crippen molar-refractivity contribution < 1.29 is 33.6 Å². The Hall–Kier alpha value is -4.02. The summed E-state index contributed by atoms with van der Waals surface area (Å²) in [5, 5.41) is 24.9. The fraction of sp³-hybridized carbons (Fsp3) is 0.404. The largest absolute Gasteiger partial charge is 0.534 e. The average molecular weight is 765 g/mol. The van der Waals surface area contributed by atoms with Crippen LogP contribution in [0.5, 0.6) is 11.5 Å². The summed E-state index contributed by atoms with van der Waals surface area (Å²) in [5.74, 6) is 1.39. The predicted octanol–water partition coefficient (Wildman–Crippen LogP) is 8.47. The fourth-order valence-corrected chi connectivity index (χ4v) is 11.9. The second kappa shape index (κ2) is 19.7. The van der Waals surface area contributed by atoms with Crippen molar-refractivity contribution in [2.24, 2.45) is 5.92 Å². The van der Waals surface area contributed by atoms with E-state index >= 15 is 0 Å². The molecule has 1 saturated carbocycles. The standard InChI is InChI=1S/C47H60O7Si/c1-36(2)24-26-47(49)27-25-38(31-45(47)48)40(34-52-35-51-29-28-50-6)30-39-22-23-41(32-44(39)53-33-37-16-10-7-11-17-37)54-55(46(3,4)5,42-18-12-8-13-19-42)43-20-14-9-15-21-43/h7-23,30,32,38,45,48-49H,1,24-29,31,33-35H2,2-6H3/b40-30+/t38-,45+,47-/m1/s1. The maximum Gasteiger partial charge on any atom is 0.319 e. The molecule has 2 N–H and O–H groups in total.